The van der Waals surface area contributed by atoms with Crippen LogP contribution in [-0.4, -0.2) is 17.7 Å². The molecular formula is C23H34O4. The van der Waals surface area contributed by atoms with Gasteiger partial charge in [-0.25, -0.2) is 0 Å². The van der Waals surface area contributed by atoms with Gasteiger partial charge < -0.3 is 9.53 Å². The predicted molar refractivity (Wildman–Crippen MR) is 108 cm³/mol. The summed E-state index contributed by atoms with van der Waals surface area (Å²) in [4.78, 5) is 33.7. The molecule has 1 aliphatic rings. The highest BCUT2D eigenvalue weighted by atomic mass is 16.6. The summed E-state index contributed by atoms with van der Waals surface area (Å²) in [7, 11) is 0. The zero-order valence-electron chi connectivity index (χ0n) is 16.8. The van der Waals surface area contributed by atoms with Crippen LogP contribution in [0.2, 0.25) is 0 Å². The number of rotatable bonds is 14. The minimum atomic E-state index is -0.409. The van der Waals surface area contributed by atoms with Gasteiger partial charge >= 0.3 is 11.9 Å². The summed E-state index contributed by atoms with van der Waals surface area (Å²) in [6, 6.07) is 0. The first-order chi connectivity index (χ1) is 13.0. The van der Waals surface area contributed by atoms with Crippen LogP contribution in [-0.2, 0) is 19.1 Å². The highest BCUT2D eigenvalue weighted by molar-refractivity contribution is 5.94. The Kier molecular flexibility index (Phi) is 12.1. The third-order valence-corrected chi connectivity index (χ3v) is 4.84. The topological polar surface area (TPSA) is 60.4 Å². The second-order valence-electron chi connectivity index (χ2n) is 7.20. The molecule has 0 bridgehead atoms. The van der Waals surface area contributed by atoms with Crippen molar-refractivity contribution in [2.75, 3.05) is 0 Å². The van der Waals surface area contributed by atoms with Crippen LogP contribution in [0.5, 0.6) is 0 Å². The monoisotopic (exact) mass is 374 g/mol. The number of ketones is 1. The van der Waals surface area contributed by atoms with Crippen molar-refractivity contribution in [3.8, 4) is 0 Å². The van der Waals surface area contributed by atoms with Crippen molar-refractivity contribution in [1.29, 1.82) is 0 Å². The van der Waals surface area contributed by atoms with E-state index in [2.05, 4.69) is 23.0 Å². The first kappa shape index (κ1) is 23.1. The fourth-order valence-corrected chi connectivity index (χ4v) is 3.20. The maximum absolute atomic E-state index is 11.6. The molecule has 2 atom stereocenters. The SMILES string of the molecule is CCC(/C=C/C=C\C/C=C\CCCCCCCC(C)=O)C1CC(=O)OC1=O. The molecule has 27 heavy (non-hydrogen) atoms. The van der Waals surface area contributed by atoms with Crippen molar-refractivity contribution in [2.24, 2.45) is 11.8 Å². The van der Waals surface area contributed by atoms with E-state index in [1.165, 1.54) is 19.3 Å². The summed E-state index contributed by atoms with van der Waals surface area (Å²) < 4.78 is 4.63. The van der Waals surface area contributed by atoms with E-state index in [1.807, 2.05) is 25.2 Å². The van der Waals surface area contributed by atoms with Crippen molar-refractivity contribution in [3.05, 3.63) is 36.5 Å². The quantitative estimate of drug-likeness (QED) is 0.133. The van der Waals surface area contributed by atoms with Gasteiger partial charge in [0.2, 0.25) is 0 Å². The molecule has 1 saturated heterocycles. The van der Waals surface area contributed by atoms with Gasteiger partial charge in [-0.1, -0.05) is 62.6 Å². The summed E-state index contributed by atoms with van der Waals surface area (Å²) in [6.45, 7) is 3.67. The maximum atomic E-state index is 11.6. The number of cyclic esters (lactones) is 2. The zero-order valence-corrected chi connectivity index (χ0v) is 16.8. The van der Waals surface area contributed by atoms with E-state index < -0.39 is 5.97 Å². The van der Waals surface area contributed by atoms with E-state index in [0.717, 1.165) is 38.5 Å². The summed E-state index contributed by atoms with van der Waals surface area (Å²) in [5.41, 5.74) is 0. The third kappa shape index (κ3) is 10.7. The molecular weight excluding hydrogens is 340 g/mol. The minimum Gasteiger partial charge on any atom is -0.393 e. The molecule has 1 rings (SSSR count). The van der Waals surface area contributed by atoms with Gasteiger partial charge in [0, 0.05) is 6.42 Å². The molecule has 4 heteroatoms. The molecule has 150 valence electrons. The number of carbonyl (C=O) groups is 3. The third-order valence-electron chi connectivity index (χ3n) is 4.84. The molecule has 0 aromatic heterocycles. The smallest absolute Gasteiger partial charge is 0.317 e. The van der Waals surface area contributed by atoms with Crippen molar-refractivity contribution in [2.45, 2.75) is 78.1 Å². The Hall–Kier alpha value is -1.97. The lowest BCUT2D eigenvalue weighted by molar-refractivity contribution is -0.153. The fraction of sp³-hybridized carbons (Fsp3) is 0.609. The number of ether oxygens (including phenoxy) is 1. The Morgan fingerprint density at radius 2 is 1.81 bits per heavy atom. The first-order valence-electron chi connectivity index (χ1n) is 10.3. The molecule has 1 fully saturated rings. The van der Waals surface area contributed by atoms with Gasteiger partial charge in [-0.05, 0) is 44.9 Å². The fourth-order valence-electron chi connectivity index (χ4n) is 3.20. The number of unbranched alkanes of at least 4 members (excludes halogenated alkanes) is 5. The van der Waals surface area contributed by atoms with Crippen LogP contribution in [0.1, 0.15) is 78.1 Å². The number of hydrogen-bond acceptors (Lipinski definition) is 4. The lowest BCUT2D eigenvalue weighted by Gasteiger charge is -2.13. The largest absolute Gasteiger partial charge is 0.393 e. The molecule has 4 nitrogen and oxygen atoms in total. The van der Waals surface area contributed by atoms with Gasteiger partial charge in [-0.3, -0.25) is 9.59 Å². The highest BCUT2D eigenvalue weighted by Crippen LogP contribution is 2.27. The summed E-state index contributed by atoms with van der Waals surface area (Å²) in [5.74, 6) is -0.771. The van der Waals surface area contributed by atoms with E-state index in [-0.39, 0.29) is 24.2 Å². The molecule has 0 amide bonds. The second-order valence-corrected chi connectivity index (χ2v) is 7.20. The van der Waals surface area contributed by atoms with Crippen molar-refractivity contribution < 1.29 is 19.1 Å². The lowest BCUT2D eigenvalue weighted by atomic mass is 9.88. The van der Waals surface area contributed by atoms with Crippen molar-refractivity contribution in [3.63, 3.8) is 0 Å². The van der Waals surface area contributed by atoms with Gasteiger partial charge in [0.25, 0.3) is 0 Å². The number of hydrogen-bond donors (Lipinski definition) is 0. The molecule has 0 spiro atoms. The predicted octanol–water partition coefficient (Wildman–Crippen LogP) is 5.48. The first-order valence-corrected chi connectivity index (χ1v) is 10.3. The van der Waals surface area contributed by atoms with Gasteiger partial charge in [0.1, 0.15) is 5.78 Å². The van der Waals surface area contributed by atoms with E-state index in [1.54, 1.807) is 6.92 Å². The molecule has 0 aromatic carbocycles. The summed E-state index contributed by atoms with van der Waals surface area (Å²) >= 11 is 0. The maximum Gasteiger partial charge on any atom is 0.317 e. The van der Waals surface area contributed by atoms with E-state index in [0.29, 0.717) is 5.78 Å². The number of allylic oxidation sites excluding steroid dienone is 6. The second kappa shape index (κ2) is 14.1. The Morgan fingerprint density at radius 3 is 2.48 bits per heavy atom. The number of esters is 2. The van der Waals surface area contributed by atoms with Gasteiger partial charge in [-0.15, -0.1) is 0 Å². The van der Waals surface area contributed by atoms with Crippen LogP contribution < -0.4 is 0 Å². The average Bonchev–Trinajstić information content (AvgIpc) is 2.96. The van der Waals surface area contributed by atoms with Crippen LogP contribution in [0.4, 0.5) is 0 Å². The highest BCUT2D eigenvalue weighted by Gasteiger charge is 2.37. The lowest BCUT2D eigenvalue weighted by Crippen LogP contribution is -2.17. The Morgan fingerprint density at radius 1 is 1.07 bits per heavy atom. The molecule has 0 aromatic rings. The van der Waals surface area contributed by atoms with Crippen LogP contribution >= 0.6 is 0 Å². The zero-order chi connectivity index (χ0) is 19.9. The number of carbonyl (C=O) groups excluding carboxylic acids is 3. The Balaban J connectivity index is 2.09. The van der Waals surface area contributed by atoms with Crippen molar-refractivity contribution in [1.82, 2.24) is 0 Å². The minimum absolute atomic E-state index is 0.0552. The summed E-state index contributed by atoms with van der Waals surface area (Å²) in [6.07, 6.45) is 22.0. The average molecular weight is 375 g/mol. The standard InChI is InChI=1S/C23H34O4/c1-3-20(21-18-22(25)27-23(21)26)17-15-13-11-9-7-5-4-6-8-10-12-14-16-19(2)24/h5,7,11,13,15,17,20-21H,3-4,6,8-10,12,14,16,18H2,1-2H3/b7-5-,13-11-,17-15+. The molecule has 0 saturated carbocycles. The Labute approximate surface area is 163 Å². The Bertz CT molecular complexity index is 557. The molecule has 2 unspecified atom stereocenters. The molecule has 0 N–H and O–H groups in total. The molecule has 1 aliphatic heterocycles. The van der Waals surface area contributed by atoms with Crippen LogP contribution in [0.25, 0.3) is 0 Å². The van der Waals surface area contributed by atoms with Gasteiger partial charge in [0.05, 0.1) is 12.3 Å². The van der Waals surface area contributed by atoms with E-state index in [9.17, 15) is 14.4 Å². The van der Waals surface area contributed by atoms with Crippen LogP contribution in [0.3, 0.4) is 0 Å². The normalized spacial score (nSPS) is 18.8. The van der Waals surface area contributed by atoms with Crippen LogP contribution in [0.15, 0.2) is 36.5 Å². The number of Topliss-reactive ketones (excluding diaryl/α,β-unsaturated/α-hetero) is 1. The van der Waals surface area contributed by atoms with Crippen LogP contribution in [0, 0.1) is 11.8 Å². The summed E-state index contributed by atoms with van der Waals surface area (Å²) in [5, 5.41) is 0. The van der Waals surface area contributed by atoms with Gasteiger partial charge in [-0.2, -0.15) is 0 Å². The molecule has 1 heterocycles. The molecule has 0 aliphatic carbocycles. The molecule has 0 radical (unpaired) electrons. The van der Waals surface area contributed by atoms with Crippen molar-refractivity contribution >= 4 is 17.7 Å². The van der Waals surface area contributed by atoms with Gasteiger partial charge in [0.15, 0.2) is 0 Å². The van der Waals surface area contributed by atoms with E-state index in [4.69, 9.17) is 0 Å². The van der Waals surface area contributed by atoms with E-state index >= 15 is 0 Å².